The van der Waals surface area contributed by atoms with Crippen LogP contribution in [-0.4, -0.2) is 73.3 Å². The van der Waals surface area contributed by atoms with Crippen molar-refractivity contribution in [2.75, 3.05) is 37.8 Å². The second-order valence-corrected chi connectivity index (χ2v) is 9.38. The van der Waals surface area contributed by atoms with Crippen LogP contribution in [0, 0.1) is 0 Å². The zero-order chi connectivity index (χ0) is 24.3. The molecular formula is C21H25N5O7S. The lowest BCUT2D eigenvalue weighted by Gasteiger charge is -2.32. The average molecular weight is 492 g/mol. The van der Waals surface area contributed by atoms with Crippen molar-refractivity contribution >= 4 is 22.1 Å². The number of anilines is 1. The van der Waals surface area contributed by atoms with E-state index in [2.05, 4.69) is 14.9 Å². The fraction of sp³-hybridized carbons (Fsp3) is 0.381. The number of amides is 1. The molecule has 34 heavy (non-hydrogen) atoms. The Balaban J connectivity index is 1.70. The Morgan fingerprint density at radius 2 is 1.88 bits per heavy atom. The summed E-state index contributed by atoms with van der Waals surface area (Å²) in [5, 5.41) is 8.20. The minimum absolute atomic E-state index is 0.0352. The third kappa shape index (κ3) is 4.64. The van der Waals surface area contributed by atoms with E-state index in [1.807, 2.05) is 6.92 Å². The molecule has 1 saturated heterocycles. The maximum absolute atomic E-state index is 13.0. The first-order chi connectivity index (χ1) is 16.3. The number of hydrogen-bond acceptors (Lipinski definition) is 9. The lowest BCUT2D eigenvalue weighted by Crippen LogP contribution is -2.46. The Hall–Kier alpha value is -3.74. The Labute approximate surface area is 196 Å². The van der Waals surface area contributed by atoms with Gasteiger partial charge in [0.1, 0.15) is 17.2 Å². The van der Waals surface area contributed by atoms with Crippen LogP contribution in [0.3, 0.4) is 0 Å². The van der Waals surface area contributed by atoms with E-state index in [4.69, 9.17) is 18.6 Å². The zero-order valence-corrected chi connectivity index (χ0v) is 19.7. The van der Waals surface area contributed by atoms with Crippen molar-refractivity contribution in [2.45, 2.75) is 19.4 Å². The van der Waals surface area contributed by atoms with E-state index in [1.54, 1.807) is 30.3 Å². The molecule has 1 atom stereocenters. The van der Waals surface area contributed by atoms with Gasteiger partial charge >= 0.3 is 6.09 Å². The number of nitrogens with one attached hydrogen (secondary N) is 1. The number of rotatable bonds is 9. The quantitative estimate of drug-likeness (QED) is 0.478. The van der Waals surface area contributed by atoms with Crippen molar-refractivity contribution in [3.63, 3.8) is 0 Å². The number of aromatic nitrogens is 3. The number of carbonyl (C=O) groups excluding carboxylic acids is 1. The molecule has 1 aliphatic heterocycles. The number of benzene rings is 1. The average Bonchev–Trinajstić information content (AvgIpc) is 3.47. The lowest BCUT2D eigenvalue weighted by molar-refractivity contribution is 0.0521. The fourth-order valence-corrected chi connectivity index (χ4v) is 4.58. The van der Waals surface area contributed by atoms with Crippen LogP contribution in [0.25, 0.3) is 17.3 Å². The number of nitrogens with zero attached hydrogens (tertiary/aromatic N) is 4. The van der Waals surface area contributed by atoms with Crippen molar-refractivity contribution < 1.29 is 31.8 Å². The van der Waals surface area contributed by atoms with Gasteiger partial charge in [-0.3, -0.25) is 9.29 Å². The molecule has 0 unspecified atom stereocenters. The summed E-state index contributed by atoms with van der Waals surface area (Å²) in [5.41, 5.74) is 0.384. The van der Waals surface area contributed by atoms with Gasteiger partial charge < -0.3 is 23.5 Å². The van der Waals surface area contributed by atoms with Gasteiger partial charge in [-0.2, -0.15) is 0 Å². The number of cyclic esters (lactones) is 1. The number of furan rings is 1. The lowest BCUT2D eigenvalue weighted by atomic mass is 10.2. The highest BCUT2D eigenvalue weighted by Crippen LogP contribution is 2.37. The molecule has 1 N–H and O–H groups in total. The molecule has 1 aromatic carbocycles. The number of para-hydroxylation sites is 1. The van der Waals surface area contributed by atoms with Crippen LogP contribution < -0.4 is 14.2 Å². The van der Waals surface area contributed by atoms with Crippen molar-refractivity contribution in [2.24, 2.45) is 0 Å². The highest BCUT2D eigenvalue weighted by Gasteiger charge is 2.29. The Bertz CT molecular complexity index is 1230. The SMILES string of the molecule is COc1cccc(OC)c1-n1c(NS(=O)(=O)CCN2C(=O)OCC[C@H]2C)nnc1-c1ccco1. The van der Waals surface area contributed by atoms with Crippen molar-refractivity contribution in [1.29, 1.82) is 0 Å². The van der Waals surface area contributed by atoms with Crippen LogP contribution in [0.1, 0.15) is 13.3 Å². The van der Waals surface area contributed by atoms with E-state index in [0.29, 0.717) is 36.0 Å². The molecule has 0 bridgehead atoms. The highest BCUT2D eigenvalue weighted by atomic mass is 32.2. The largest absolute Gasteiger partial charge is 0.494 e. The van der Waals surface area contributed by atoms with E-state index in [-0.39, 0.29) is 30.1 Å². The van der Waals surface area contributed by atoms with Gasteiger partial charge in [-0.05, 0) is 31.2 Å². The third-order valence-corrected chi connectivity index (χ3v) is 6.62. The molecule has 1 amide bonds. The predicted molar refractivity (Wildman–Crippen MR) is 122 cm³/mol. The van der Waals surface area contributed by atoms with E-state index in [0.717, 1.165) is 0 Å². The van der Waals surface area contributed by atoms with E-state index in [9.17, 15) is 13.2 Å². The molecule has 2 aromatic heterocycles. The first-order valence-corrected chi connectivity index (χ1v) is 12.1. The summed E-state index contributed by atoms with van der Waals surface area (Å²) in [5.74, 6) is 0.936. The van der Waals surface area contributed by atoms with Crippen LogP contribution in [0.15, 0.2) is 41.0 Å². The summed E-state index contributed by atoms with van der Waals surface area (Å²) in [7, 11) is -0.973. The molecule has 3 aromatic rings. The molecule has 0 radical (unpaired) electrons. The van der Waals surface area contributed by atoms with Gasteiger partial charge in [0, 0.05) is 19.0 Å². The van der Waals surface area contributed by atoms with Crippen molar-refractivity contribution in [3.05, 3.63) is 36.6 Å². The third-order valence-electron chi connectivity index (χ3n) is 5.41. The van der Waals surface area contributed by atoms with Gasteiger partial charge in [0.05, 0.1) is 32.8 Å². The van der Waals surface area contributed by atoms with E-state index >= 15 is 0 Å². The summed E-state index contributed by atoms with van der Waals surface area (Å²) in [6.07, 6.45) is 1.57. The normalized spacial score (nSPS) is 16.3. The summed E-state index contributed by atoms with van der Waals surface area (Å²) < 4.78 is 51.4. The van der Waals surface area contributed by atoms with E-state index < -0.39 is 16.1 Å². The van der Waals surface area contributed by atoms with Crippen LogP contribution in [0.4, 0.5) is 10.7 Å². The molecule has 182 valence electrons. The van der Waals surface area contributed by atoms with Gasteiger partial charge in [-0.1, -0.05) is 6.07 Å². The van der Waals surface area contributed by atoms with Crippen LogP contribution >= 0.6 is 0 Å². The highest BCUT2D eigenvalue weighted by molar-refractivity contribution is 7.92. The molecular weight excluding hydrogens is 466 g/mol. The van der Waals surface area contributed by atoms with Gasteiger partial charge in [0.15, 0.2) is 5.76 Å². The number of ether oxygens (including phenoxy) is 3. The van der Waals surface area contributed by atoms with Gasteiger partial charge in [-0.25, -0.2) is 13.2 Å². The topological polar surface area (TPSA) is 138 Å². The van der Waals surface area contributed by atoms with Gasteiger partial charge in [0.2, 0.25) is 21.8 Å². The Kier molecular flexibility index (Phi) is 6.63. The first-order valence-electron chi connectivity index (χ1n) is 10.5. The van der Waals surface area contributed by atoms with Crippen molar-refractivity contribution in [1.82, 2.24) is 19.7 Å². The molecule has 13 heteroatoms. The van der Waals surface area contributed by atoms with Crippen LogP contribution in [0.5, 0.6) is 11.5 Å². The molecule has 0 aliphatic carbocycles. The summed E-state index contributed by atoms with van der Waals surface area (Å²) >= 11 is 0. The number of carbonyl (C=O) groups is 1. The molecule has 0 spiro atoms. The summed E-state index contributed by atoms with van der Waals surface area (Å²) in [6.45, 7) is 2.13. The minimum atomic E-state index is -3.94. The second-order valence-electron chi connectivity index (χ2n) is 7.54. The number of hydrogen-bond donors (Lipinski definition) is 1. The Morgan fingerprint density at radius 3 is 2.50 bits per heavy atom. The van der Waals surface area contributed by atoms with Crippen molar-refractivity contribution in [3.8, 4) is 28.8 Å². The summed E-state index contributed by atoms with van der Waals surface area (Å²) in [4.78, 5) is 13.4. The molecule has 1 fully saturated rings. The molecule has 0 saturated carbocycles. The fourth-order valence-electron chi connectivity index (χ4n) is 3.64. The monoisotopic (exact) mass is 491 g/mol. The standard InChI is InChI=1S/C21H25N5O7S/c1-14-9-12-33-21(27)25(14)10-13-34(28,29)24-20-23-22-19(17-8-5-11-32-17)26(20)18-15(30-2)6-4-7-16(18)31-3/h4-8,11,14H,9-10,12-13H2,1-3H3,(H,23,24)/t14-/m1/s1. The Morgan fingerprint density at radius 1 is 1.15 bits per heavy atom. The van der Waals surface area contributed by atoms with Crippen LogP contribution in [-0.2, 0) is 14.8 Å². The number of methoxy groups -OCH3 is 2. The van der Waals surface area contributed by atoms with Gasteiger partial charge in [0.25, 0.3) is 0 Å². The maximum atomic E-state index is 13.0. The van der Waals surface area contributed by atoms with Gasteiger partial charge in [-0.15, -0.1) is 10.2 Å². The molecule has 3 heterocycles. The maximum Gasteiger partial charge on any atom is 0.410 e. The molecule has 4 rings (SSSR count). The molecule has 12 nitrogen and oxygen atoms in total. The number of sulfonamides is 1. The first kappa shape index (κ1) is 23.4. The molecule has 1 aliphatic rings. The smallest absolute Gasteiger partial charge is 0.410 e. The second kappa shape index (κ2) is 9.63. The predicted octanol–water partition coefficient (Wildman–Crippen LogP) is 2.52. The van der Waals surface area contributed by atoms with Crippen LogP contribution in [0.2, 0.25) is 0 Å². The summed E-state index contributed by atoms with van der Waals surface area (Å²) in [6, 6.07) is 8.36. The zero-order valence-electron chi connectivity index (χ0n) is 18.9. The minimum Gasteiger partial charge on any atom is -0.494 e. The van der Waals surface area contributed by atoms with E-state index in [1.165, 1.54) is 29.9 Å².